The predicted molar refractivity (Wildman–Crippen MR) is 83.4 cm³/mol. The minimum absolute atomic E-state index is 0.0107. The molecule has 0 bridgehead atoms. The van der Waals surface area contributed by atoms with E-state index in [1.54, 1.807) is 6.92 Å². The fraction of sp³-hybridized carbons (Fsp3) is 0.133. The van der Waals surface area contributed by atoms with Gasteiger partial charge in [-0.2, -0.15) is 0 Å². The minimum Gasteiger partial charge on any atom is -0.322 e. The minimum atomic E-state index is -4.18. The molecule has 0 aliphatic rings. The van der Waals surface area contributed by atoms with Crippen LogP contribution in [0.2, 0.25) is 0 Å². The molecule has 8 heteroatoms. The molecule has 0 aliphatic heterocycles. The number of hydrogen-bond donors (Lipinski definition) is 1. The average molecular weight is 360 g/mol. The summed E-state index contributed by atoms with van der Waals surface area (Å²) >= 11 is 0. The van der Waals surface area contributed by atoms with Crippen LogP contribution in [0.3, 0.4) is 0 Å². The number of carbonyl (C=O) groups excluding carboxylic acids is 1. The average Bonchev–Trinajstić information content (AvgIpc) is 2.49. The van der Waals surface area contributed by atoms with E-state index in [9.17, 15) is 22.0 Å². The molecule has 0 spiro atoms. The van der Waals surface area contributed by atoms with Gasteiger partial charge in [0.25, 0.3) is 15.0 Å². The maximum atomic E-state index is 13.2. The molecule has 0 radical (unpaired) electrons. The zero-order chi connectivity index (χ0) is 17.2. The summed E-state index contributed by atoms with van der Waals surface area (Å²) in [6.07, 6.45) is 0. The summed E-state index contributed by atoms with van der Waals surface area (Å²) in [4.78, 5) is 11.7. The number of benzene rings is 2. The van der Waals surface area contributed by atoms with Crippen molar-refractivity contribution in [1.82, 2.24) is 0 Å². The first-order valence-electron chi connectivity index (χ1n) is 6.43. The van der Waals surface area contributed by atoms with Crippen molar-refractivity contribution in [2.45, 2.75) is 18.5 Å². The molecular weight excluding hydrogens is 348 g/mol. The molecule has 0 fully saturated rings. The van der Waals surface area contributed by atoms with Gasteiger partial charge in [-0.15, -0.1) is 0 Å². The lowest BCUT2D eigenvalue weighted by molar-refractivity contribution is 0.102. The third-order valence-electron chi connectivity index (χ3n) is 3.15. The normalized spacial score (nSPS) is 11.3. The van der Waals surface area contributed by atoms with Crippen molar-refractivity contribution in [3.63, 3.8) is 0 Å². The van der Waals surface area contributed by atoms with E-state index < -0.39 is 32.3 Å². The van der Waals surface area contributed by atoms with Gasteiger partial charge in [0.2, 0.25) is 0 Å². The number of alkyl halides is 1. The van der Waals surface area contributed by atoms with Crippen LogP contribution in [-0.2, 0) is 15.7 Å². The Morgan fingerprint density at radius 3 is 2.48 bits per heavy atom. The standard InChI is InChI=1S/C15H12ClF2NO3S/c1-9-6-12(4-5-13(9)18)19-15(20)10-2-3-11(8-17)14(7-10)23(16,21)22/h2-7H,8H2,1H3,(H,19,20). The first-order valence-corrected chi connectivity index (χ1v) is 8.74. The molecule has 23 heavy (non-hydrogen) atoms. The maximum absolute atomic E-state index is 13.2. The molecule has 0 saturated heterocycles. The van der Waals surface area contributed by atoms with Crippen molar-refractivity contribution in [3.05, 3.63) is 58.9 Å². The van der Waals surface area contributed by atoms with Crippen LogP contribution < -0.4 is 5.32 Å². The molecule has 1 amide bonds. The van der Waals surface area contributed by atoms with Gasteiger partial charge < -0.3 is 5.32 Å². The molecule has 1 N–H and O–H groups in total. The van der Waals surface area contributed by atoms with Gasteiger partial charge in [-0.3, -0.25) is 4.79 Å². The molecule has 0 atom stereocenters. The van der Waals surface area contributed by atoms with Crippen molar-refractivity contribution < 1.29 is 22.0 Å². The van der Waals surface area contributed by atoms with Crippen LogP contribution in [0.5, 0.6) is 0 Å². The highest BCUT2D eigenvalue weighted by molar-refractivity contribution is 8.13. The number of halogens is 3. The van der Waals surface area contributed by atoms with Crippen LogP contribution in [0.25, 0.3) is 0 Å². The summed E-state index contributed by atoms with van der Waals surface area (Å²) in [6.45, 7) is 0.513. The number of carbonyl (C=O) groups is 1. The van der Waals surface area contributed by atoms with Crippen molar-refractivity contribution in [3.8, 4) is 0 Å². The number of amides is 1. The van der Waals surface area contributed by atoms with Crippen molar-refractivity contribution in [2.24, 2.45) is 0 Å². The van der Waals surface area contributed by atoms with Crippen molar-refractivity contribution in [2.75, 3.05) is 5.32 Å². The van der Waals surface area contributed by atoms with Crippen LogP contribution >= 0.6 is 10.7 Å². The third-order valence-corrected chi connectivity index (χ3v) is 4.56. The van der Waals surface area contributed by atoms with E-state index in [0.717, 1.165) is 6.07 Å². The van der Waals surface area contributed by atoms with Gasteiger partial charge in [0, 0.05) is 27.5 Å². The van der Waals surface area contributed by atoms with Gasteiger partial charge >= 0.3 is 0 Å². The number of aryl methyl sites for hydroxylation is 1. The zero-order valence-electron chi connectivity index (χ0n) is 11.9. The van der Waals surface area contributed by atoms with Gasteiger partial charge in [-0.05, 0) is 42.8 Å². The number of hydrogen-bond acceptors (Lipinski definition) is 3. The molecular formula is C15H12ClF2NO3S. The monoisotopic (exact) mass is 359 g/mol. The van der Waals surface area contributed by atoms with Gasteiger partial charge in [0.1, 0.15) is 12.5 Å². The van der Waals surface area contributed by atoms with Crippen LogP contribution in [0, 0.1) is 12.7 Å². The molecule has 122 valence electrons. The largest absolute Gasteiger partial charge is 0.322 e. The first-order chi connectivity index (χ1) is 10.7. The van der Waals surface area contributed by atoms with E-state index >= 15 is 0 Å². The van der Waals surface area contributed by atoms with Crippen LogP contribution in [0.4, 0.5) is 14.5 Å². The van der Waals surface area contributed by atoms with Crippen molar-refractivity contribution in [1.29, 1.82) is 0 Å². The Morgan fingerprint density at radius 1 is 1.22 bits per heavy atom. The van der Waals surface area contributed by atoms with E-state index in [-0.39, 0.29) is 11.1 Å². The molecule has 0 saturated carbocycles. The van der Waals surface area contributed by atoms with Gasteiger partial charge in [-0.25, -0.2) is 17.2 Å². The Hall–Kier alpha value is -1.99. The molecule has 4 nitrogen and oxygen atoms in total. The Balaban J connectivity index is 2.34. The molecule has 2 aromatic rings. The quantitative estimate of drug-likeness (QED) is 0.845. The second kappa shape index (κ2) is 6.64. The number of rotatable bonds is 4. The second-order valence-corrected chi connectivity index (χ2v) is 7.35. The SMILES string of the molecule is Cc1cc(NC(=O)c2ccc(CF)c(S(=O)(=O)Cl)c2)ccc1F. The van der Waals surface area contributed by atoms with Crippen LogP contribution in [-0.4, -0.2) is 14.3 Å². The van der Waals surface area contributed by atoms with Gasteiger partial charge in [0.15, 0.2) is 0 Å². The Kier molecular flexibility index (Phi) is 5.01. The van der Waals surface area contributed by atoms with E-state index in [4.69, 9.17) is 10.7 Å². The summed E-state index contributed by atoms with van der Waals surface area (Å²) in [5, 5.41) is 2.51. The Labute approximate surface area is 136 Å². The Bertz CT molecular complexity index is 869. The van der Waals surface area contributed by atoms with Gasteiger partial charge in [-0.1, -0.05) is 6.07 Å². The lowest BCUT2D eigenvalue weighted by Crippen LogP contribution is -2.13. The fourth-order valence-corrected chi connectivity index (χ4v) is 3.09. The smallest absolute Gasteiger partial charge is 0.261 e. The van der Waals surface area contributed by atoms with E-state index in [1.165, 1.54) is 30.3 Å². The first kappa shape index (κ1) is 17.4. The summed E-state index contributed by atoms with van der Waals surface area (Å²) in [5.74, 6) is -1.03. The number of anilines is 1. The van der Waals surface area contributed by atoms with Crippen LogP contribution in [0.1, 0.15) is 21.5 Å². The molecule has 0 aromatic heterocycles. The fourth-order valence-electron chi connectivity index (χ4n) is 1.96. The molecule has 0 aliphatic carbocycles. The topological polar surface area (TPSA) is 63.2 Å². The van der Waals surface area contributed by atoms with E-state index in [2.05, 4.69) is 5.32 Å². The van der Waals surface area contributed by atoms with E-state index in [0.29, 0.717) is 11.3 Å². The summed E-state index contributed by atoms with van der Waals surface area (Å²) in [5.41, 5.74) is 0.552. The summed E-state index contributed by atoms with van der Waals surface area (Å²) < 4.78 is 48.9. The zero-order valence-corrected chi connectivity index (χ0v) is 13.5. The molecule has 0 heterocycles. The van der Waals surface area contributed by atoms with E-state index in [1.807, 2.05) is 0 Å². The predicted octanol–water partition coefficient (Wildman–Crippen LogP) is 3.78. The molecule has 0 unspecified atom stereocenters. The Morgan fingerprint density at radius 2 is 1.91 bits per heavy atom. The summed E-state index contributed by atoms with van der Waals surface area (Å²) in [7, 11) is 1.07. The highest BCUT2D eigenvalue weighted by Crippen LogP contribution is 2.23. The second-order valence-electron chi connectivity index (χ2n) is 4.81. The number of nitrogens with one attached hydrogen (secondary N) is 1. The summed E-state index contributed by atoms with van der Waals surface area (Å²) in [6, 6.07) is 7.47. The highest BCUT2D eigenvalue weighted by atomic mass is 35.7. The third kappa shape index (κ3) is 4.05. The molecule has 2 aromatic carbocycles. The highest BCUT2D eigenvalue weighted by Gasteiger charge is 2.18. The van der Waals surface area contributed by atoms with Crippen LogP contribution in [0.15, 0.2) is 41.3 Å². The lowest BCUT2D eigenvalue weighted by atomic mass is 10.1. The lowest BCUT2D eigenvalue weighted by Gasteiger charge is -2.09. The molecule has 2 rings (SSSR count). The van der Waals surface area contributed by atoms with Crippen molar-refractivity contribution >= 4 is 31.3 Å². The van der Waals surface area contributed by atoms with Gasteiger partial charge in [0.05, 0.1) is 4.90 Å². The maximum Gasteiger partial charge on any atom is 0.261 e.